The largest absolute Gasteiger partial charge is 0.409 e. The van der Waals surface area contributed by atoms with Crippen LogP contribution in [0.4, 0.5) is 18.9 Å². The van der Waals surface area contributed by atoms with Gasteiger partial charge in [0.1, 0.15) is 0 Å². The van der Waals surface area contributed by atoms with Crippen LogP contribution in [-0.4, -0.2) is 11.1 Å². The molecule has 0 aromatic heterocycles. The molecule has 0 unspecified atom stereocenters. The summed E-state index contributed by atoms with van der Waals surface area (Å²) in [6.07, 6.45) is -3.96. The lowest BCUT2D eigenvalue weighted by atomic mass is 10.1. The molecule has 7 heteroatoms. The lowest BCUT2D eigenvalue weighted by Gasteiger charge is -2.03. The van der Waals surface area contributed by atoms with Crippen LogP contribution in [0.25, 0.3) is 6.08 Å². The second-order valence-corrected chi connectivity index (χ2v) is 3.70. The van der Waals surface area contributed by atoms with E-state index in [9.17, 15) is 23.3 Å². The summed E-state index contributed by atoms with van der Waals surface area (Å²) in [6, 6.07) is 2.27. The van der Waals surface area contributed by atoms with Crippen LogP contribution < -0.4 is 0 Å². The molecule has 0 saturated heterocycles. The molecule has 1 aromatic rings. The van der Waals surface area contributed by atoms with E-state index in [0.717, 1.165) is 12.1 Å². The second kappa shape index (κ2) is 4.75. The molecule has 0 aliphatic carbocycles. The first-order valence-electron chi connectivity index (χ1n) is 4.41. The van der Waals surface area contributed by atoms with Gasteiger partial charge in [-0.2, -0.15) is 13.2 Å². The zero-order chi connectivity index (χ0) is 13.2. The number of alkyl halides is 3. The highest BCUT2D eigenvalue weighted by atomic mass is 35.5. The van der Waals surface area contributed by atoms with Crippen LogP contribution in [0.15, 0.2) is 18.2 Å². The maximum absolute atomic E-state index is 12.0. The Morgan fingerprint density at radius 3 is 2.47 bits per heavy atom. The molecule has 0 amide bonds. The number of benzene rings is 1. The Morgan fingerprint density at radius 1 is 1.41 bits per heavy atom. The van der Waals surface area contributed by atoms with Crippen LogP contribution in [0.1, 0.15) is 11.1 Å². The van der Waals surface area contributed by atoms with E-state index in [4.69, 9.17) is 11.6 Å². The molecule has 17 heavy (non-hydrogen) atoms. The molecule has 0 N–H and O–H groups in total. The van der Waals surface area contributed by atoms with Crippen molar-refractivity contribution in [1.29, 1.82) is 0 Å². The summed E-state index contributed by atoms with van der Waals surface area (Å²) in [7, 11) is 0. The average molecular weight is 266 g/mol. The predicted molar refractivity (Wildman–Crippen MR) is 57.9 cm³/mol. The van der Waals surface area contributed by atoms with Crippen LogP contribution in [-0.2, 0) is 0 Å². The first-order valence-corrected chi connectivity index (χ1v) is 4.79. The Labute approximate surface area is 99.7 Å². The number of hydrogen-bond donors (Lipinski definition) is 0. The summed E-state index contributed by atoms with van der Waals surface area (Å²) in [5.41, 5.74) is -0.155. The summed E-state index contributed by atoms with van der Waals surface area (Å²) in [6.45, 7) is 1.53. The van der Waals surface area contributed by atoms with E-state index in [1.807, 2.05) is 0 Å². The molecule has 0 saturated carbocycles. The normalized spacial score (nSPS) is 12.1. The molecular formula is C10H7ClF3NO2. The third kappa shape index (κ3) is 3.74. The summed E-state index contributed by atoms with van der Waals surface area (Å²) in [5, 5.41) is 10.8. The lowest BCUT2D eigenvalue weighted by molar-refractivity contribution is -0.385. The van der Waals surface area contributed by atoms with Gasteiger partial charge in [-0.1, -0.05) is 11.6 Å². The van der Waals surface area contributed by atoms with Gasteiger partial charge < -0.3 is 0 Å². The Morgan fingerprint density at radius 2 is 2.00 bits per heavy atom. The zero-order valence-electron chi connectivity index (χ0n) is 8.58. The van der Waals surface area contributed by atoms with E-state index in [2.05, 4.69) is 0 Å². The van der Waals surface area contributed by atoms with E-state index in [-0.39, 0.29) is 16.7 Å². The molecule has 92 valence electrons. The van der Waals surface area contributed by atoms with Crippen LogP contribution in [0, 0.1) is 17.0 Å². The number of rotatable bonds is 2. The minimum atomic E-state index is -4.52. The molecule has 0 spiro atoms. The van der Waals surface area contributed by atoms with Crippen molar-refractivity contribution in [2.24, 2.45) is 0 Å². The number of hydrogen-bond acceptors (Lipinski definition) is 2. The molecule has 0 aliphatic rings. The van der Waals surface area contributed by atoms with Crippen molar-refractivity contribution >= 4 is 23.4 Å². The molecule has 0 heterocycles. The maximum Gasteiger partial charge on any atom is 0.409 e. The van der Waals surface area contributed by atoms with Gasteiger partial charge in [-0.25, -0.2) is 0 Å². The number of nitro groups is 1. The van der Waals surface area contributed by atoms with Gasteiger partial charge in [0, 0.05) is 17.2 Å². The quantitative estimate of drug-likeness (QED) is 0.596. The SMILES string of the molecule is Cc1cc([N+](=O)[O-])c(/C=C/C(F)(F)F)cc1Cl. The second-order valence-electron chi connectivity index (χ2n) is 3.29. The zero-order valence-corrected chi connectivity index (χ0v) is 9.34. The van der Waals surface area contributed by atoms with Gasteiger partial charge in [0.25, 0.3) is 5.69 Å². The Kier molecular flexibility index (Phi) is 3.77. The predicted octanol–water partition coefficient (Wildman–Crippen LogP) is 4.13. The standard InChI is InChI=1S/C10H7ClF3NO2/c1-6-4-9(15(16)17)7(5-8(6)11)2-3-10(12,13)14/h2-5H,1H3/b3-2+. The average Bonchev–Trinajstić information content (AvgIpc) is 2.17. The van der Waals surface area contributed by atoms with Crippen molar-refractivity contribution in [2.45, 2.75) is 13.1 Å². The minimum absolute atomic E-state index is 0.0685. The topological polar surface area (TPSA) is 43.1 Å². The fourth-order valence-electron chi connectivity index (χ4n) is 1.16. The summed E-state index contributed by atoms with van der Waals surface area (Å²) >= 11 is 5.70. The van der Waals surface area contributed by atoms with E-state index < -0.39 is 16.8 Å². The third-order valence-electron chi connectivity index (χ3n) is 1.96. The van der Waals surface area contributed by atoms with Crippen molar-refractivity contribution < 1.29 is 18.1 Å². The van der Waals surface area contributed by atoms with Crippen LogP contribution in [0.5, 0.6) is 0 Å². The molecule has 0 atom stereocenters. The fraction of sp³-hybridized carbons (Fsp3) is 0.200. The van der Waals surface area contributed by atoms with Gasteiger partial charge in [0.05, 0.1) is 10.5 Å². The Bertz CT molecular complexity index is 483. The van der Waals surface area contributed by atoms with Gasteiger partial charge in [-0.05, 0) is 24.6 Å². The van der Waals surface area contributed by atoms with Gasteiger partial charge >= 0.3 is 6.18 Å². The number of nitrogens with zero attached hydrogens (tertiary/aromatic N) is 1. The molecule has 1 rings (SSSR count). The summed E-state index contributed by atoms with van der Waals surface area (Å²) in [4.78, 5) is 9.91. The van der Waals surface area contributed by atoms with Crippen molar-refractivity contribution in [3.8, 4) is 0 Å². The number of nitro benzene ring substituents is 1. The molecular weight excluding hydrogens is 259 g/mol. The van der Waals surface area contributed by atoms with E-state index in [1.54, 1.807) is 0 Å². The highest BCUT2D eigenvalue weighted by Gasteiger charge is 2.23. The van der Waals surface area contributed by atoms with Crippen molar-refractivity contribution in [1.82, 2.24) is 0 Å². The molecule has 0 aliphatic heterocycles. The fourth-order valence-corrected chi connectivity index (χ4v) is 1.33. The van der Waals surface area contributed by atoms with Crippen molar-refractivity contribution in [2.75, 3.05) is 0 Å². The minimum Gasteiger partial charge on any atom is -0.258 e. The van der Waals surface area contributed by atoms with Crippen molar-refractivity contribution in [3.05, 3.63) is 44.5 Å². The van der Waals surface area contributed by atoms with Crippen molar-refractivity contribution in [3.63, 3.8) is 0 Å². The molecule has 0 radical (unpaired) electrons. The maximum atomic E-state index is 12.0. The Balaban J connectivity index is 3.27. The molecule has 3 nitrogen and oxygen atoms in total. The van der Waals surface area contributed by atoms with Crippen LogP contribution in [0.2, 0.25) is 5.02 Å². The summed E-state index contributed by atoms with van der Waals surface area (Å²) < 4.78 is 35.9. The number of allylic oxidation sites excluding steroid dienone is 1. The number of aryl methyl sites for hydroxylation is 1. The smallest absolute Gasteiger partial charge is 0.258 e. The Hall–Kier alpha value is -1.56. The van der Waals surface area contributed by atoms with Gasteiger partial charge in [0.15, 0.2) is 0 Å². The molecule has 0 bridgehead atoms. The number of halogens is 4. The highest BCUT2D eigenvalue weighted by molar-refractivity contribution is 6.31. The molecule has 0 fully saturated rings. The van der Waals surface area contributed by atoms with Crippen LogP contribution in [0.3, 0.4) is 0 Å². The van der Waals surface area contributed by atoms with E-state index in [1.165, 1.54) is 6.92 Å². The first kappa shape index (κ1) is 13.5. The molecule has 1 aromatic carbocycles. The van der Waals surface area contributed by atoms with E-state index in [0.29, 0.717) is 11.6 Å². The summed E-state index contributed by atoms with van der Waals surface area (Å²) in [5.74, 6) is 0. The van der Waals surface area contributed by atoms with Gasteiger partial charge in [0.2, 0.25) is 0 Å². The van der Waals surface area contributed by atoms with Crippen LogP contribution >= 0.6 is 11.6 Å². The monoisotopic (exact) mass is 265 g/mol. The first-order chi connectivity index (χ1) is 7.70. The third-order valence-corrected chi connectivity index (χ3v) is 2.36. The van der Waals surface area contributed by atoms with Gasteiger partial charge in [-0.3, -0.25) is 10.1 Å². The van der Waals surface area contributed by atoms with Gasteiger partial charge in [-0.15, -0.1) is 0 Å². The highest BCUT2D eigenvalue weighted by Crippen LogP contribution is 2.29. The van der Waals surface area contributed by atoms with E-state index >= 15 is 0 Å². The lowest BCUT2D eigenvalue weighted by Crippen LogP contribution is -2.01.